The SMILES string of the molecule is CCc1cccc(Nc2cnccc2C(=O)O)c1. The Bertz CT molecular complexity index is 567. The van der Waals surface area contributed by atoms with Gasteiger partial charge in [0.25, 0.3) is 0 Å². The van der Waals surface area contributed by atoms with E-state index in [9.17, 15) is 4.79 Å². The lowest BCUT2D eigenvalue weighted by atomic mass is 10.1. The third-order valence-electron chi connectivity index (χ3n) is 2.67. The zero-order valence-corrected chi connectivity index (χ0v) is 10.1. The van der Waals surface area contributed by atoms with Crippen molar-refractivity contribution in [2.24, 2.45) is 0 Å². The first-order valence-corrected chi connectivity index (χ1v) is 5.74. The average molecular weight is 242 g/mol. The van der Waals surface area contributed by atoms with Gasteiger partial charge in [0.1, 0.15) is 0 Å². The summed E-state index contributed by atoms with van der Waals surface area (Å²) < 4.78 is 0. The highest BCUT2D eigenvalue weighted by Gasteiger charge is 2.09. The standard InChI is InChI=1S/C14H14N2O2/c1-2-10-4-3-5-11(8-10)16-13-9-15-7-6-12(13)14(17)18/h3-9,16H,2H2,1H3,(H,17,18). The number of anilines is 2. The predicted octanol–water partition coefficient (Wildman–Crippen LogP) is 3.09. The Balaban J connectivity index is 2.31. The number of benzene rings is 1. The fraction of sp³-hybridized carbons (Fsp3) is 0.143. The molecule has 0 saturated heterocycles. The summed E-state index contributed by atoms with van der Waals surface area (Å²) in [5, 5.41) is 12.2. The lowest BCUT2D eigenvalue weighted by molar-refractivity contribution is 0.0698. The van der Waals surface area contributed by atoms with E-state index in [-0.39, 0.29) is 5.56 Å². The molecule has 2 N–H and O–H groups in total. The molecule has 0 fully saturated rings. The number of aromatic carboxylic acids is 1. The van der Waals surface area contributed by atoms with E-state index in [0.29, 0.717) is 5.69 Å². The quantitative estimate of drug-likeness (QED) is 0.864. The minimum atomic E-state index is -0.966. The van der Waals surface area contributed by atoms with Crippen molar-refractivity contribution < 1.29 is 9.90 Å². The molecule has 0 aliphatic heterocycles. The Labute approximate surface area is 105 Å². The molecule has 92 valence electrons. The number of carboxylic acid groups (broad SMARTS) is 1. The summed E-state index contributed by atoms with van der Waals surface area (Å²) >= 11 is 0. The second-order valence-electron chi connectivity index (χ2n) is 3.91. The van der Waals surface area contributed by atoms with E-state index < -0.39 is 5.97 Å². The van der Waals surface area contributed by atoms with Crippen molar-refractivity contribution in [1.29, 1.82) is 0 Å². The van der Waals surface area contributed by atoms with Gasteiger partial charge in [0.15, 0.2) is 0 Å². The average Bonchev–Trinajstić information content (AvgIpc) is 2.39. The minimum absolute atomic E-state index is 0.215. The monoisotopic (exact) mass is 242 g/mol. The summed E-state index contributed by atoms with van der Waals surface area (Å²) in [5.41, 5.74) is 2.77. The van der Waals surface area contributed by atoms with Crippen LogP contribution in [0.1, 0.15) is 22.8 Å². The molecule has 18 heavy (non-hydrogen) atoms. The molecule has 0 aliphatic carbocycles. The van der Waals surface area contributed by atoms with E-state index in [1.165, 1.54) is 24.0 Å². The first kappa shape index (κ1) is 12.1. The van der Waals surface area contributed by atoms with Crippen LogP contribution in [0.15, 0.2) is 42.7 Å². The Morgan fingerprint density at radius 1 is 1.39 bits per heavy atom. The summed E-state index contributed by atoms with van der Waals surface area (Å²) in [7, 11) is 0. The van der Waals surface area contributed by atoms with Gasteiger partial charge in [-0.2, -0.15) is 0 Å². The number of aryl methyl sites for hydroxylation is 1. The number of carboxylic acids is 1. The first-order chi connectivity index (χ1) is 8.70. The maximum Gasteiger partial charge on any atom is 0.337 e. The summed E-state index contributed by atoms with van der Waals surface area (Å²) in [6.45, 7) is 2.08. The van der Waals surface area contributed by atoms with Crippen molar-refractivity contribution in [3.05, 3.63) is 53.9 Å². The van der Waals surface area contributed by atoms with Crippen molar-refractivity contribution in [3.63, 3.8) is 0 Å². The lowest BCUT2D eigenvalue weighted by Crippen LogP contribution is -2.03. The van der Waals surface area contributed by atoms with Gasteiger partial charge >= 0.3 is 5.97 Å². The molecule has 0 bridgehead atoms. The number of hydrogen-bond donors (Lipinski definition) is 2. The van der Waals surface area contributed by atoms with Crippen LogP contribution in [0, 0.1) is 0 Å². The normalized spacial score (nSPS) is 10.1. The molecule has 0 unspecified atom stereocenters. The van der Waals surface area contributed by atoms with E-state index in [2.05, 4.69) is 17.2 Å². The van der Waals surface area contributed by atoms with E-state index in [1.807, 2.05) is 24.3 Å². The van der Waals surface area contributed by atoms with Gasteiger partial charge in [-0.05, 0) is 30.2 Å². The van der Waals surface area contributed by atoms with Gasteiger partial charge in [0.05, 0.1) is 17.4 Å². The van der Waals surface area contributed by atoms with Crippen LogP contribution in [0.4, 0.5) is 11.4 Å². The second kappa shape index (κ2) is 5.31. The van der Waals surface area contributed by atoms with Crippen LogP contribution >= 0.6 is 0 Å². The Morgan fingerprint density at radius 2 is 2.22 bits per heavy atom. The van der Waals surface area contributed by atoms with E-state index >= 15 is 0 Å². The molecule has 4 nitrogen and oxygen atoms in total. The van der Waals surface area contributed by atoms with E-state index in [0.717, 1.165) is 12.1 Å². The molecule has 1 heterocycles. The van der Waals surface area contributed by atoms with Crippen LogP contribution in [0.3, 0.4) is 0 Å². The van der Waals surface area contributed by atoms with Crippen LogP contribution in [-0.4, -0.2) is 16.1 Å². The molecule has 0 aliphatic rings. The molecule has 2 rings (SSSR count). The molecule has 1 aromatic carbocycles. The lowest BCUT2D eigenvalue weighted by Gasteiger charge is -2.09. The highest BCUT2D eigenvalue weighted by molar-refractivity contribution is 5.94. The number of hydrogen-bond acceptors (Lipinski definition) is 3. The van der Waals surface area contributed by atoms with Gasteiger partial charge in [-0.1, -0.05) is 19.1 Å². The smallest absolute Gasteiger partial charge is 0.337 e. The van der Waals surface area contributed by atoms with Gasteiger partial charge in [-0.3, -0.25) is 4.98 Å². The third kappa shape index (κ3) is 2.66. The number of nitrogens with one attached hydrogen (secondary N) is 1. The van der Waals surface area contributed by atoms with E-state index in [1.54, 1.807) is 0 Å². The molecule has 1 aromatic heterocycles. The highest BCUT2D eigenvalue weighted by atomic mass is 16.4. The summed E-state index contributed by atoms with van der Waals surface area (Å²) in [4.78, 5) is 15.0. The maximum atomic E-state index is 11.1. The van der Waals surface area contributed by atoms with Crippen molar-refractivity contribution in [3.8, 4) is 0 Å². The zero-order chi connectivity index (χ0) is 13.0. The van der Waals surface area contributed by atoms with Crippen LogP contribution < -0.4 is 5.32 Å². The first-order valence-electron chi connectivity index (χ1n) is 5.74. The molecule has 4 heteroatoms. The fourth-order valence-corrected chi connectivity index (χ4v) is 1.71. The number of nitrogens with zero attached hydrogens (tertiary/aromatic N) is 1. The van der Waals surface area contributed by atoms with Gasteiger partial charge < -0.3 is 10.4 Å². The molecular formula is C14H14N2O2. The highest BCUT2D eigenvalue weighted by Crippen LogP contribution is 2.20. The van der Waals surface area contributed by atoms with Crippen LogP contribution in [0.2, 0.25) is 0 Å². The van der Waals surface area contributed by atoms with Crippen molar-refractivity contribution in [1.82, 2.24) is 4.98 Å². The van der Waals surface area contributed by atoms with Crippen molar-refractivity contribution in [2.75, 3.05) is 5.32 Å². The number of carbonyl (C=O) groups is 1. The van der Waals surface area contributed by atoms with Crippen LogP contribution in [0.5, 0.6) is 0 Å². The maximum absolute atomic E-state index is 11.1. The molecule has 0 saturated carbocycles. The Morgan fingerprint density at radius 3 is 2.94 bits per heavy atom. The predicted molar refractivity (Wildman–Crippen MR) is 70.3 cm³/mol. The summed E-state index contributed by atoms with van der Waals surface area (Å²) in [5.74, 6) is -0.966. The third-order valence-corrected chi connectivity index (χ3v) is 2.67. The van der Waals surface area contributed by atoms with Gasteiger partial charge in [0, 0.05) is 11.9 Å². The molecule has 0 radical (unpaired) electrons. The molecular weight excluding hydrogens is 228 g/mol. The van der Waals surface area contributed by atoms with Crippen molar-refractivity contribution in [2.45, 2.75) is 13.3 Å². The largest absolute Gasteiger partial charge is 0.478 e. The van der Waals surface area contributed by atoms with Crippen LogP contribution in [-0.2, 0) is 6.42 Å². The minimum Gasteiger partial charge on any atom is -0.478 e. The second-order valence-corrected chi connectivity index (χ2v) is 3.91. The molecule has 0 atom stereocenters. The molecule has 2 aromatic rings. The number of aromatic nitrogens is 1. The summed E-state index contributed by atoms with van der Waals surface area (Å²) in [6.07, 6.45) is 3.92. The van der Waals surface area contributed by atoms with Crippen molar-refractivity contribution >= 4 is 17.3 Å². The van der Waals surface area contributed by atoms with Gasteiger partial charge in [0.2, 0.25) is 0 Å². The van der Waals surface area contributed by atoms with E-state index in [4.69, 9.17) is 5.11 Å². The summed E-state index contributed by atoms with van der Waals surface area (Å²) in [6, 6.07) is 9.36. The molecule has 0 amide bonds. The number of rotatable bonds is 4. The van der Waals surface area contributed by atoms with Crippen LogP contribution in [0.25, 0.3) is 0 Å². The van der Waals surface area contributed by atoms with Gasteiger partial charge in [-0.15, -0.1) is 0 Å². The fourth-order valence-electron chi connectivity index (χ4n) is 1.71. The van der Waals surface area contributed by atoms with Gasteiger partial charge in [-0.25, -0.2) is 4.79 Å². The zero-order valence-electron chi connectivity index (χ0n) is 10.1. The Hall–Kier alpha value is -2.36. The topological polar surface area (TPSA) is 62.2 Å². The Kier molecular flexibility index (Phi) is 3.57. The molecule has 0 spiro atoms. The number of pyridine rings is 1.